The molecule has 0 aliphatic heterocycles. The summed E-state index contributed by atoms with van der Waals surface area (Å²) in [6.45, 7) is 1.94. The van der Waals surface area contributed by atoms with E-state index in [9.17, 15) is 4.79 Å². The molecule has 0 atom stereocenters. The predicted molar refractivity (Wildman–Crippen MR) is 101 cm³/mol. The number of ether oxygens (including phenoxy) is 1. The number of anilines is 1. The van der Waals surface area contributed by atoms with Gasteiger partial charge in [-0.05, 0) is 55.2 Å². The first kappa shape index (κ1) is 15.8. The van der Waals surface area contributed by atoms with E-state index in [1.54, 1.807) is 18.4 Å². The molecule has 1 aromatic heterocycles. The topological polar surface area (TPSA) is 51.2 Å². The highest BCUT2D eigenvalue weighted by Crippen LogP contribution is 2.39. The van der Waals surface area contributed by atoms with Crippen molar-refractivity contribution in [1.29, 1.82) is 0 Å². The number of hydrogen-bond acceptors (Lipinski definition) is 4. The fourth-order valence-electron chi connectivity index (χ4n) is 3.16. The first-order valence-corrected chi connectivity index (χ1v) is 9.01. The second-order valence-electron chi connectivity index (χ2n) is 6.08. The highest BCUT2D eigenvalue weighted by molar-refractivity contribution is 7.16. The van der Waals surface area contributed by atoms with E-state index in [-0.39, 0.29) is 5.91 Å². The number of benzene rings is 2. The van der Waals surface area contributed by atoms with Crippen LogP contribution in [0.15, 0.2) is 42.5 Å². The van der Waals surface area contributed by atoms with E-state index in [2.05, 4.69) is 22.4 Å². The molecule has 25 heavy (non-hydrogen) atoms. The Morgan fingerprint density at radius 1 is 1.20 bits per heavy atom. The summed E-state index contributed by atoms with van der Waals surface area (Å²) < 4.78 is 5.31. The van der Waals surface area contributed by atoms with Crippen LogP contribution in [0.4, 0.5) is 5.13 Å². The Morgan fingerprint density at radius 3 is 2.84 bits per heavy atom. The summed E-state index contributed by atoms with van der Waals surface area (Å²) in [4.78, 5) is 18.4. The van der Waals surface area contributed by atoms with Crippen LogP contribution in [-0.4, -0.2) is 18.0 Å². The van der Waals surface area contributed by atoms with E-state index in [0.29, 0.717) is 10.7 Å². The molecule has 0 saturated heterocycles. The van der Waals surface area contributed by atoms with Crippen molar-refractivity contribution in [2.75, 3.05) is 12.4 Å². The van der Waals surface area contributed by atoms with Crippen LogP contribution in [0.3, 0.4) is 0 Å². The molecular formula is C20H18N2O2S. The average Bonchev–Trinajstić information content (AvgIpc) is 3.04. The fourth-order valence-corrected chi connectivity index (χ4v) is 4.13. The number of carbonyl (C=O) groups is 1. The zero-order chi connectivity index (χ0) is 17.4. The van der Waals surface area contributed by atoms with Gasteiger partial charge in [-0.3, -0.25) is 10.1 Å². The van der Waals surface area contributed by atoms with Gasteiger partial charge in [0.2, 0.25) is 0 Å². The van der Waals surface area contributed by atoms with Crippen molar-refractivity contribution >= 4 is 22.4 Å². The van der Waals surface area contributed by atoms with Crippen molar-refractivity contribution in [2.24, 2.45) is 0 Å². The third kappa shape index (κ3) is 2.91. The summed E-state index contributed by atoms with van der Waals surface area (Å²) in [6, 6.07) is 13.7. The van der Waals surface area contributed by atoms with Crippen molar-refractivity contribution < 1.29 is 9.53 Å². The maximum atomic E-state index is 12.5. The third-order valence-electron chi connectivity index (χ3n) is 4.50. The fraction of sp³-hybridized carbons (Fsp3) is 0.200. The van der Waals surface area contributed by atoms with Gasteiger partial charge in [-0.15, -0.1) is 11.3 Å². The number of methoxy groups -OCH3 is 1. The van der Waals surface area contributed by atoms with E-state index >= 15 is 0 Å². The summed E-state index contributed by atoms with van der Waals surface area (Å²) in [7, 11) is 1.68. The summed E-state index contributed by atoms with van der Waals surface area (Å²) in [5.41, 5.74) is 5.00. The molecule has 3 aromatic rings. The predicted octanol–water partition coefficient (Wildman–Crippen LogP) is 4.48. The molecule has 1 aliphatic carbocycles. The Balaban J connectivity index is 1.63. The van der Waals surface area contributed by atoms with Crippen molar-refractivity contribution in [3.63, 3.8) is 0 Å². The van der Waals surface area contributed by atoms with Crippen LogP contribution in [0.2, 0.25) is 0 Å². The van der Waals surface area contributed by atoms with Crippen LogP contribution >= 0.6 is 11.3 Å². The van der Waals surface area contributed by atoms with Gasteiger partial charge in [-0.25, -0.2) is 4.98 Å². The Bertz CT molecular complexity index is 962. The first-order chi connectivity index (χ1) is 12.2. The van der Waals surface area contributed by atoms with Gasteiger partial charge in [0.25, 0.3) is 5.91 Å². The largest absolute Gasteiger partial charge is 0.497 e. The number of fused-ring (bicyclic) bond motifs is 3. The van der Waals surface area contributed by atoms with Gasteiger partial charge in [-0.2, -0.15) is 0 Å². The van der Waals surface area contributed by atoms with Crippen LogP contribution in [0, 0.1) is 6.92 Å². The molecule has 2 aromatic carbocycles. The van der Waals surface area contributed by atoms with Crippen LogP contribution in [0.25, 0.3) is 11.3 Å². The Kier molecular flexibility index (Phi) is 4.01. The highest BCUT2D eigenvalue weighted by Gasteiger charge is 2.22. The lowest BCUT2D eigenvalue weighted by Gasteiger charge is -2.15. The Labute approximate surface area is 150 Å². The smallest absolute Gasteiger partial charge is 0.257 e. The minimum absolute atomic E-state index is 0.112. The van der Waals surface area contributed by atoms with Crippen LogP contribution in [0.5, 0.6) is 5.75 Å². The van der Waals surface area contributed by atoms with E-state index in [1.807, 2.05) is 37.3 Å². The highest BCUT2D eigenvalue weighted by atomic mass is 32.1. The van der Waals surface area contributed by atoms with Gasteiger partial charge in [0.05, 0.1) is 12.8 Å². The van der Waals surface area contributed by atoms with Gasteiger partial charge < -0.3 is 4.74 Å². The van der Waals surface area contributed by atoms with Gasteiger partial charge in [0.15, 0.2) is 5.13 Å². The van der Waals surface area contributed by atoms with Gasteiger partial charge in [-0.1, -0.05) is 18.2 Å². The molecule has 0 radical (unpaired) electrons. The van der Waals surface area contributed by atoms with E-state index < -0.39 is 0 Å². The minimum Gasteiger partial charge on any atom is -0.497 e. The first-order valence-electron chi connectivity index (χ1n) is 8.19. The lowest BCUT2D eigenvalue weighted by atomic mass is 9.93. The molecule has 1 N–H and O–H groups in total. The minimum atomic E-state index is -0.112. The lowest BCUT2D eigenvalue weighted by molar-refractivity contribution is 0.102. The molecule has 1 heterocycles. The van der Waals surface area contributed by atoms with Crippen LogP contribution < -0.4 is 10.1 Å². The summed E-state index contributed by atoms with van der Waals surface area (Å²) in [5.74, 6) is 0.754. The van der Waals surface area contributed by atoms with Gasteiger partial charge in [0.1, 0.15) is 5.75 Å². The normalized spacial score (nSPS) is 12.2. The molecule has 4 rings (SSSR count). The molecule has 0 saturated carbocycles. The van der Waals surface area contributed by atoms with Crippen molar-refractivity contribution in [3.8, 4) is 17.0 Å². The zero-order valence-electron chi connectivity index (χ0n) is 14.1. The molecule has 4 nitrogen and oxygen atoms in total. The van der Waals surface area contributed by atoms with Crippen molar-refractivity contribution in [2.45, 2.75) is 19.8 Å². The average molecular weight is 350 g/mol. The second kappa shape index (κ2) is 6.33. The van der Waals surface area contributed by atoms with Crippen molar-refractivity contribution in [1.82, 2.24) is 4.98 Å². The summed E-state index contributed by atoms with van der Waals surface area (Å²) in [6.07, 6.45) is 1.90. The number of rotatable bonds is 3. The van der Waals surface area contributed by atoms with Gasteiger partial charge >= 0.3 is 0 Å². The molecule has 126 valence electrons. The molecular weight excluding hydrogens is 332 g/mol. The number of hydrogen-bond donors (Lipinski definition) is 1. The quantitative estimate of drug-likeness (QED) is 0.758. The summed E-state index contributed by atoms with van der Waals surface area (Å²) in [5, 5.41) is 3.61. The lowest BCUT2D eigenvalue weighted by Crippen LogP contribution is -2.13. The maximum Gasteiger partial charge on any atom is 0.257 e. The van der Waals surface area contributed by atoms with E-state index in [0.717, 1.165) is 35.4 Å². The molecule has 0 spiro atoms. The number of carbonyl (C=O) groups excluding carboxylic acids is 1. The molecule has 1 amide bonds. The molecule has 5 heteroatoms. The summed E-state index contributed by atoms with van der Waals surface area (Å²) >= 11 is 1.56. The van der Waals surface area contributed by atoms with Crippen LogP contribution in [-0.2, 0) is 12.8 Å². The SMILES string of the molecule is COc1ccc2c(c1)CCc1sc(NC(=O)c3ccccc3C)nc1-2. The van der Waals surface area contributed by atoms with E-state index in [1.165, 1.54) is 10.4 Å². The van der Waals surface area contributed by atoms with Gasteiger partial charge in [0, 0.05) is 16.0 Å². The second-order valence-corrected chi connectivity index (χ2v) is 7.17. The Hall–Kier alpha value is -2.66. The van der Waals surface area contributed by atoms with Crippen LogP contribution in [0.1, 0.15) is 26.4 Å². The van der Waals surface area contributed by atoms with Crippen molar-refractivity contribution in [3.05, 3.63) is 64.0 Å². The maximum absolute atomic E-state index is 12.5. The number of thiazole rings is 1. The third-order valence-corrected chi connectivity index (χ3v) is 5.53. The number of amides is 1. The standard InChI is InChI=1S/C20H18N2O2S/c1-12-5-3-4-6-15(12)19(23)22-20-21-18-16-9-8-14(24-2)11-13(16)7-10-17(18)25-20/h3-6,8-9,11H,7,10H2,1-2H3,(H,21,22,23). The number of aryl methyl sites for hydroxylation is 3. The molecule has 0 fully saturated rings. The number of aromatic nitrogens is 1. The molecule has 0 unspecified atom stereocenters. The zero-order valence-corrected chi connectivity index (χ0v) is 14.9. The Morgan fingerprint density at radius 2 is 2.04 bits per heavy atom. The number of nitrogens with one attached hydrogen (secondary N) is 1. The monoisotopic (exact) mass is 350 g/mol. The molecule has 1 aliphatic rings. The number of nitrogens with zero attached hydrogens (tertiary/aromatic N) is 1. The molecule has 0 bridgehead atoms. The van der Waals surface area contributed by atoms with E-state index in [4.69, 9.17) is 4.74 Å².